The van der Waals surface area contributed by atoms with Crippen LogP contribution in [0.5, 0.6) is 5.75 Å². The van der Waals surface area contributed by atoms with Gasteiger partial charge in [0, 0.05) is 16.7 Å². The van der Waals surface area contributed by atoms with Crippen LogP contribution < -0.4 is 4.74 Å². The van der Waals surface area contributed by atoms with Crippen LogP contribution in [0, 0.1) is 5.82 Å². The Bertz CT molecular complexity index is 755. The van der Waals surface area contributed by atoms with Gasteiger partial charge < -0.3 is 9.47 Å². The number of hydrogen-bond acceptors (Lipinski definition) is 4. The minimum Gasteiger partial charge on any atom is -0.496 e. The fourth-order valence-electron chi connectivity index (χ4n) is 2.35. The molecule has 22 heavy (non-hydrogen) atoms. The van der Waals surface area contributed by atoms with Crippen molar-refractivity contribution >= 4 is 11.7 Å². The predicted octanol–water partition coefficient (Wildman–Crippen LogP) is 2.85. The lowest BCUT2D eigenvalue weighted by molar-refractivity contribution is -0.140. The van der Waals surface area contributed by atoms with E-state index in [1.165, 1.54) is 6.07 Å². The summed E-state index contributed by atoms with van der Waals surface area (Å²) < 4.78 is 24.7. The number of para-hydroxylation sites is 1. The van der Waals surface area contributed by atoms with Crippen molar-refractivity contribution in [3.63, 3.8) is 0 Å². The van der Waals surface area contributed by atoms with E-state index < -0.39 is 0 Å². The Labute approximate surface area is 127 Å². The molecule has 0 saturated carbocycles. The van der Waals surface area contributed by atoms with E-state index in [-0.39, 0.29) is 24.9 Å². The van der Waals surface area contributed by atoms with E-state index in [0.29, 0.717) is 28.2 Å². The molecule has 5 heteroatoms. The van der Waals surface area contributed by atoms with Gasteiger partial charge in [0.05, 0.1) is 12.8 Å². The SMILES string of the molecule is COc1ccccc1-c1ccc(C2=NCC(=O)OC2)cc1F. The minimum atomic E-state index is -0.374. The maximum Gasteiger partial charge on any atom is 0.328 e. The summed E-state index contributed by atoms with van der Waals surface area (Å²) in [4.78, 5) is 15.1. The number of rotatable bonds is 3. The summed E-state index contributed by atoms with van der Waals surface area (Å²) in [6, 6.07) is 12.1. The number of nitrogens with zero attached hydrogens (tertiary/aromatic N) is 1. The molecule has 0 amide bonds. The van der Waals surface area contributed by atoms with E-state index in [9.17, 15) is 9.18 Å². The zero-order valence-electron chi connectivity index (χ0n) is 12.0. The lowest BCUT2D eigenvalue weighted by Crippen LogP contribution is -2.23. The highest BCUT2D eigenvalue weighted by atomic mass is 19.1. The second-order valence-corrected chi connectivity index (χ2v) is 4.82. The molecule has 0 spiro atoms. The predicted molar refractivity (Wildman–Crippen MR) is 80.8 cm³/mol. The van der Waals surface area contributed by atoms with E-state index in [4.69, 9.17) is 9.47 Å². The molecule has 1 aliphatic rings. The average molecular weight is 299 g/mol. The summed E-state index contributed by atoms with van der Waals surface area (Å²) in [7, 11) is 1.55. The third-order valence-corrected chi connectivity index (χ3v) is 3.47. The van der Waals surface area contributed by atoms with Crippen molar-refractivity contribution in [3.05, 3.63) is 53.8 Å². The maximum atomic E-state index is 14.5. The van der Waals surface area contributed by atoms with Crippen molar-refractivity contribution in [3.8, 4) is 16.9 Å². The molecule has 3 rings (SSSR count). The zero-order valence-corrected chi connectivity index (χ0v) is 12.0. The fraction of sp³-hybridized carbons (Fsp3) is 0.176. The van der Waals surface area contributed by atoms with Crippen molar-refractivity contribution < 1.29 is 18.7 Å². The summed E-state index contributed by atoms with van der Waals surface area (Å²) >= 11 is 0. The molecule has 0 aliphatic carbocycles. The van der Waals surface area contributed by atoms with Gasteiger partial charge in [0.25, 0.3) is 0 Å². The van der Waals surface area contributed by atoms with Gasteiger partial charge in [0.15, 0.2) is 0 Å². The minimum absolute atomic E-state index is 0.0226. The van der Waals surface area contributed by atoms with E-state index >= 15 is 0 Å². The molecule has 112 valence electrons. The zero-order chi connectivity index (χ0) is 15.5. The molecule has 0 unspecified atom stereocenters. The molecule has 0 N–H and O–H groups in total. The molecule has 0 bridgehead atoms. The third kappa shape index (κ3) is 2.70. The standard InChI is InChI=1S/C17H14FNO3/c1-21-16-5-3-2-4-13(16)12-7-6-11(8-14(12)18)15-10-22-17(20)9-19-15/h2-8H,9-10H2,1H3. The molecule has 2 aromatic carbocycles. The highest BCUT2D eigenvalue weighted by Crippen LogP contribution is 2.32. The van der Waals surface area contributed by atoms with Crippen LogP contribution >= 0.6 is 0 Å². The second-order valence-electron chi connectivity index (χ2n) is 4.82. The van der Waals surface area contributed by atoms with Gasteiger partial charge >= 0.3 is 5.97 Å². The lowest BCUT2D eigenvalue weighted by Gasteiger charge is -2.14. The van der Waals surface area contributed by atoms with Crippen molar-refractivity contribution in [2.75, 3.05) is 20.3 Å². The van der Waals surface area contributed by atoms with E-state index in [2.05, 4.69) is 4.99 Å². The average Bonchev–Trinajstić information content (AvgIpc) is 2.55. The van der Waals surface area contributed by atoms with Crippen LogP contribution in [0.4, 0.5) is 4.39 Å². The Morgan fingerprint density at radius 2 is 2.00 bits per heavy atom. The topological polar surface area (TPSA) is 47.9 Å². The number of carbonyl (C=O) groups is 1. The smallest absolute Gasteiger partial charge is 0.328 e. The first kappa shape index (κ1) is 14.3. The number of esters is 1. The van der Waals surface area contributed by atoms with E-state index in [1.807, 2.05) is 12.1 Å². The number of cyclic esters (lactones) is 1. The van der Waals surface area contributed by atoms with Gasteiger partial charge in [-0.1, -0.05) is 30.3 Å². The van der Waals surface area contributed by atoms with Crippen LogP contribution in [0.15, 0.2) is 47.5 Å². The molecular formula is C17H14FNO3. The number of halogens is 1. The van der Waals surface area contributed by atoms with Crippen molar-refractivity contribution in [2.45, 2.75) is 0 Å². The number of aliphatic imine (C=N–C) groups is 1. The first-order valence-corrected chi connectivity index (χ1v) is 6.81. The monoisotopic (exact) mass is 299 g/mol. The molecule has 4 nitrogen and oxygen atoms in total. The Morgan fingerprint density at radius 3 is 2.68 bits per heavy atom. The number of carbonyl (C=O) groups excluding carboxylic acids is 1. The van der Waals surface area contributed by atoms with Crippen molar-refractivity contribution in [1.82, 2.24) is 0 Å². The Kier molecular flexibility index (Phi) is 3.87. The van der Waals surface area contributed by atoms with Gasteiger partial charge in [-0.3, -0.25) is 9.79 Å². The van der Waals surface area contributed by atoms with E-state index in [0.717, 1.165) is 0 Å². The number of ether oxygens (including phenoxy) is 2. The van der Waals surface area contributed by atoms with Crippen molar-refractivity contribution in [2.24, 2.45) is 4.99 Å². The maximum absolute atomic E-state index is 14.5. The number of benzene rings is 2. The van der Waals surface area contributed by atoms with Crippen LogP contribution in [0.2, 0.25) is 0 Å². The molecule has 2 aromatic rings. The van der Waals surface area contributed by atoms with Gasteiger partial charge in [-0.05, 0) is 12.1 Å². The summed E-state index contributed by atoms with van der Waals surface area (Å²) in [6.07, 6.45) is 0. The molecule has 0 radical (unpaired) electrons. The van der Waals surface area contributed by atoms with Gasteiger partial charge in [-0.2, -0.15) is 0 Å². The largest absolute Gasteiger partial charge is 0.496 e. The molecule has 0 aromatic heterocycles. The van der Waals surface area contributed by atoms with Crippen molar-refractivity contribution in [1.29, 1.82) is 0 Å². The molecule has 0 fully saturated rings. The first-order valence-electron chi connectivity index (χ1n) is 6.81. The van der Waals surface area contributed by atoms with Gasteiger partial charge in [0.1, 0.15) is 24.7 Å². The van der Waals surface area contributed by atoms with Crippen LogP contribution in [0.3, 0.4) is 0 Å². The van der Waals surface area contributed by atoms with Crippen LogP contribution in [0.1, 0.15) is 5.56 Å². The summed E-state index contributed by atoms with van der Waals surface area (Å²) in [5.41, 5.74) is 2.33. The fourth-order valence-corrected chi connectivity index (χ4v) is 2.35. The van der Waals surface area contributed by atoms with Crippen LogP contribution in [-0.4, -0.2) is 31.9 Å². The summed E-state index contributed by atoms with van der Waals surface area (Å²) in [5.74, 6) is -0.130. The number of hydrogen-bond donors (Lipinski definition) is 0. The third-order valence-electron chi connectivity index (χ3n) is 3.47. The van der Waals surface area contributed by atoms with Crippen LogP contribution in [-0.2, 0) is 9.53 Å². The highest BCUT2D eigenvalue weighted by Gasteiger charge is 2.17. The Morgan fingerprint density at radius 1 is 1.18 bits per heavy atom. The normalized spacial score (nSPS) is 14.3. The quantitative estimate of drug-likeness (QED) is 0.819. The molecule has 1 aliphatic heterocycles. The molecular weight excluding hydrogens is 285 g/mol. The second kappa shape index (κ2) is 5.97. The molecule has 0 atom stereocenters. The lowest BCUT2D eigenvalue weighted by atomic mass is 10.0. The Balaban J connectivity index is 1.98. The Hall–Kier alpha value is -2.69. The van der Waals surface area contributed by atoms with Gasteiger partial charge in [0.2, 0.25) is 0 Å². The highest BCUT2D eigenvalue weighted by molar-refractivity contribution is 6.04. The summed E-state index contributed by atoms with van der Waals surface area (Å²) in [5, 5.41) is 0. The van der Waals surface area contributed by atoms with Crippen LogP contribution in [0.25, 0.3) is 11.1 Å². The van der Waals surface area contributed by atoms with Gasteiger partial charge in [-0.15, -0.1) is 0 Å². The summed E-state index contributed by atoms with van der Waals surface area (Å²) in [6.45, 7) is 0.0531. The number of methoxy groups -OCH3 is 1. The van der Waals surface area contributed by atoms with E-state index in [1.54, 1.807) is 31.4 Å². The first-order chi connectivity index (χ1) is 10.7. The molecule has 1 heterocycles. The molecule has 0 saturated heterocycles. The van der Waals surface area contributed by atoms with Gasteiger partial charge in [-0.25, -0.2) is 4.39 Å².